The van der Waals surface area contributed by atoms with Gasteiger partial charge in [-0.15, -0.1) is 0 Å². The molecule has 382 valence electrons. The van der Waals surface area contributed by atoms with Crippen LogP contribution in [0.2, 0.25) is 0 Å². The molecule has 0 saturated heterocycles. The van der Waals surface area contributed by atoms with E-state index in [0.717, 1.165) is 127 Å². The molecule has 1 amide bonds. The number of hydrogen-bond donors (Lipinski definition) is 1. The molecule has 0 fully saturated rings. The standard InChI is InChI=1S/C48H93NO5.C9H20O/c1-6-11-21-32-44(33-22-12-7-2)36-29-42-53-47(51)38-25-17-15-19-27-40-49(46(50)31-10-5)41-28-20-16-18-26-39-48(52)54-43-30-37-45(34-23-13-8-3)35-24-14-9-4;1-4-8(3)6-7-9(10)5-2/h44-45H,6-43H2,1-5H3;8-10H,4-7H2,1-3H3. The van der Waals surface area contributed by atoms with Crippen LogP contribution in [0.1, 0.15) is 299 Å². The van der Waals surface area contributed by atoms with Crippen LogP contribution in [-0.4, -0.2) is 60.3 Å². The maximum atomic E-state index is 12.8. The Bertz CT molecular complexity index is 901. The largest absolute Gasteiger partial charge is 0.466 e. The summed E-state index contributed by atoms with van der Waals surface area (Å²) in [6.45, 7) is 20.4. The van der Waals surface area contributed by atoms with E-state index in [2.05, 4.69) is 53.4 Å². The topological polar surface area (TPSA) is 93.1 Å². The van der Waals surface area contributed by atoms with E-state index in [9.17, 15) is 19.5 Å². The fourth-order valence-corrected chi connectivity index (χ4v) is 8.68. The van der Waals surface area contributed by atoms with Gasteiger partial charge in [-0.1, -0.05) is 203 Å². The van der Waals surface area contributed by atoms with Gasteiger partial charge in [-0.25, -0.2) is 0 Å². The second-order valence-corrected chi connectivity index (χ2v) is 19.8. The predicted molar refractivity (Wildman–Crippen MR) is 276 cm³/mol. The Morgan fingerprint density at radius 1 is 0.406 bits per heavy atom. The zero-order valence-electron chi connectivity index (χ0n) is 44.4. The van der Waals surface area contributed by atoms with Gasteiger partial charge < -0.3 is 19.5 Å². The van der Waals surface area contributed by atoms with E-state index in [1.807, 2.05) is 6.92 Å². The van der Waals surface area contributed by atoms with Crippen molar-refractivity contribution in [3.63, 3.8) is 0 Å². The van der Waals surface area contributed by atoms with Gasteiger partial charge in [0.2, 0.25) is 5.91 Å². The predicted octanol–water partition coefficient (Wildman–Crippen LogP) is 17.1. The molecule has 0 aliphatic carbocycles. The van der Waals surface area contributed by atoms with Crippen LogP contribution in [0.15, 0.2) is 0 Å². The molecule has 0 radical (unpaired) electrons. The average Bonchev–Trinajstić information content (AvgIpc) is 3.29. The fourth-order valence-electron chi connectivity index (χ4n) is 8.68. The summed E-state index contributed by atoms with van der Waals surface area (Å²) in [7, 11) is 0. The smallest absolute Gasteiger partial charge is 0.305 e. The number of esters is 2. The van der Waals surface area contributed by atoms with Crippen molar-refractivity contribution >= 4 is 17.8 Å². The number of aliphatic hydroxyl groups is 1. The molecule has 7 heteroatoms. The summed E-state index contributed by atoms with van der Waals surface area (Å²) in [5.41, 5.74) is 0. The third-order valence-corrected chi connectivity index (χ3v) is 13.5. The molecular weight excluding hydrogens is 795 g/mol. The van der Waals surface area contributed by atoms with E-state index in [-0.39, 0.29) is 23.9 Å². The van der Waals surface area contributed by atoms with Crippen molar-refractivity contribution in [2.24, 2.45) is 17.8 Å². The van der Waals surface area contributed by atoms with Crippen molar-refractivity contribution < 1.29 is 29.0 Å². The van der Waals surface area contributed by atoms with Crippen LogP contribution in [0.4, 0.5) is 0 Å². The number of nitrogens with zero attached hydrogens (tertiary/aromatic N) is 1. The minimum absolute atomic E-state index is 0.0373. The van der Waals surface area contributed by atoms with Crippen molar-refractivity contribution in [2.75, 3.05) is 26.3 Å². The molecule has 0 saturated carbocycles. The normalized spacial score (nSPS) is 12.3. The summed E-state index contributed by atoms with van der Waals surface area (Å²) >= 11 is 0. The Morgan fingerprint density at radius 2 is 0.781 bits per heavy atom. The lowest BCUT2D eigenvalue weighted by Gasteiger charge is -2.22. The van der Waals surface area contributed by atoms with Gasteiger partial charge in [-0.3, -0.25) is 14.4 Å². The molecule has 0 aliphatic rings. The number of amides is 1. The minimum atomic E-state index is -0.0611. The van der Waals surface area contributed by atoms with Gasteiger partial charge in [0.15, 0.2) is 0 Å². The number of carbonyl (C=O) groups excluding carboxylic acids is 3. The first-order valence-electron chi connectivity index (χ1n) is 28.4. The number of carbonyl (C=O) groups is 3. The molecule has 0 aromatic rings. The van der Waals surface area contributed by atoms with Crippen molar-refractivity contribution in [3.8, 4) is 0 Å². The first-order chi connectivity index (χ1) is 31.1. The number of unbranched alkanes of at least 4 members (excludes halogenated alkanes) is 16. The molecule has 0 aliphatic heterocycles. The quantitative estimate of drug-likeness (QED) is 0.0483. The molecule has 1 N–H and O–H groups in total. The third kappa shape index (κ3) is 45.5. The van der Waals surface area contributed by atoms with E-state index < -0.39 is 0 Å². The Labute approximate surface area is 399 Å². The van der Waals surface area contributed by atoms with Crippen LogP contribution in [-0.2, 0) is 23.9 Å². The van der Waals surface area contributed by atoms with Gasteiger partial charge in [0.1, 0.15) is 0 Å². The molecule has 0 aromatic heterocycles. The van der Waals surface area contributed by atoms with Gasteiger partial charge >= 0.3 is 11.9 Å². The highest BCUT2D eigenvalue weighted by molar-refractivity contribution is 5.76. The highest BCUT2D eigenvalue weighted by atomic mass is 16.5. The minimum Gasteiger partial charge on any atom is -0.466 e. The van der Waals surface area contributed by atoms with Crippen molar-refractivity contribution in [1.29, 1.82) is 0 Å². The van der Waals surface area contributed by atoms with Crippen LogP contribution in [0, 0.1) is 17.8 Å². The molecule has 0 heterocycles. The summed E-state index contributed by atoms with van der Waals surface area (Å²) in [4.78, 5) is 39.4. The van der Waals surface area contributed by atoms with Crippen LogP contribution in [0.25, 0.3) is 0 Å². The highest BCUT2D eigenvalue weighted by Crippen LogP contribution is 2.24. The maximum absolute atomic E-state index is 12.8. The lowest BCUT2D eigenvalue weighted by Crippen LogP contribution is -2.32. The molecule has 7 nitrogen and oxygen atoms in total. The molecule has 0 bridgehead atoms. The lowest BCUT2D eigenvalue weighted by atomic mass is 9.91. The number of hydrogen-bond acceptors (Lipinski definition) is 6. The Kier molecular flexibility index (Phi) is 51.1. The van der Waals surface area contributed by atoms with Gasteiger partial charge in [0, 0.05) is 32.4 Å². The van der Waals surface area contributed by atoms with Gasteiger partial charge in [-0.05, 0) is 94.8 Å². The van der Waals surface area contributed by atoms with Crippen LogP contribution >= 0.6 is 0 Å². The molecule has 0 spiro atoms. The summed E-state index contributed by atoms with van der Waals surface area (Å²) in [6.07, 6.45) is 42.6. The van der Waals surface area contributed by atoms with Crippen molar-refractivity contribution in [3.05, 3.63) is 0 Å². The van der Waals surface area contributed by atoms with Crippen molar-refractivity contribution in [2.45, 2.75) is 305 Å². The average molecular weight is 909 g/mol. The first kappa shape index (κ1) is 64.5. The van der Waals surface area contributed by atoms with Crippen molar-refractivity contribution in [1.82, 2.24) is 4.90 Å². The monoisotopic (exact) mass is 908 g/mol. The highest BCUT2D eigenvalue weighted by Gasteiger charge is 2.14. The molecule has 2 atom stereocenters. The third-order valence-electron chi connectivity index (χ3n) is 13.5. The van der Waals surface area contributed by atoms with E-state index in [4.69, 9.17) is 9.47 Å². The Morgan fingerprint density at radius 3 is 1.14 bits per heavy atom. The van der Waals surface area contributed by atoms with E-state index in [1.54, 1.807) is 0 Å². The molecule has 0 rings (SSSR count). The molecular formula is C57H113NO6. The molecule has 64 heavy (non-hydrogen) atoms. The molecule has 2 unspecified atom stereocenters. The summed E-state index contributed by atoms with van der Waals surface area (Å²) in [5, 5.41) is 9.20. The van der Waals surface area contributed by atoms with E-state index in [1.165, 1.54) is 128 Å². The summed E-state index contributed by atoms with van der Waals surface area (Å²) in [5.74, 6) is 2.57. The summed E-state index contributed by atoms with van der Waals surface area (Å²) in [6, 6.07) is 0. The SMILES string of the molecule is CCC(C)CCC(O)CC.CCCCCC(CCCCC)CCCOC(=O)CCCCCCCN(CCCCCCCC(=O)OCCCC(CCCCC)CCCCC)C(=O)CCC. The second-order valence-electron chi connectivity index (χ2n) is 19.8. The van der Waals surface area contributed by atoms with Crippen LogP contribution in [0.5, 0.6) is 0 Å². The lowest BCUT2D eigenvalue weighted by molar-refractivity contribution is -0.144. The van der Waals surface area contributed by atoms with Crippen LogP contribution in [0.3, 0.4) is 0 Å². The Balaban J connectivity index is 0. The molecule has 0 aromatic carbocycles. The van der Waals surface area contributed by atoms with Gasteiger partial charge in [0.25, 0.3) is 0 Å². The number of rotatable bonds is 47. The summed E-state index contributed by atoms with van der Waals surface area (Å²) < 4.78 is 11.2. The zero-order chi connectivity index (χ0) is 47.7. The number of aliphatic hydroxyl groups excluding tert-OH is 1. The van der Waals surface area contributed by atoms with Gasteiger partial charge in [0.05, 0.1) is 19.3 Å². The second kappa shape index (κ2) is 50.8. The Hall–Kier alpha value is -1.63. The number of ether oxygens (including phenoxy) is 2. The maximum Gasteiger partial charge on any atom is 0.305 e. The zero-order valence-corrected chi connectivity index (χ0v) is 44.4. The van der Waals surface area contributed by atoms with Gasteiger partial charge in [-0.2, -0.15) is 0 Å². The van der Waals surface area contributed by atoms with E-state index >= 15 is 0 Å². The fraction of sp³-hybridized carbons (Fsp3) is 0.947. The first-order valence-corrected chi connectivity index (χ1v) is 28.4. The van der Waals surface area contributed by atoms with Crippen LogP contribution < -0.4 is 0 Å². The van der Waals surface area contributed by atoms with E-state index in [0.29, 0.717) is 32.5 Å².